The second kappa shape index (κ2) is 5.54. The number of nitrogens with zero attached hydrogens (tertiary/aromatic N) is 2. The molecule has 6 heteroatoms. The minimum absolute atomic E-state index is 0.186. The van der Waals surface area contributed by atoms with Crippen molar-refractivity contribution in [2.24, 2.45) is 0 Å². The van der Waals surface area contributed by atoms with Gasteiger partial charge in [-0.25, -0.2) is 14.4 Å². The van der Waals surface area contributed by atoms with Gasteiger partial charge in [-0.05, 0) is 40.0 Å². The summed E-state index contributed by atoms with van der Waals surface area (Å²) >= 11 is 6.76. The Labute approximate surface area is 127 Å². The summed E-state index contributed by atoms with van der Waals surface area (Å²) in [4.78, 5) is 8.68. The van der Waals surface area contributed by atoms with Gasteiger partial charge in [0.25, 0.3) is 0 Å². The summed E-state index contributed by atoms with van der Waals surface area (Å²) in [6, 6.07) is 4.39. The normalized spacial score (nSPS) is 11.1. The van der Waals surface area contributed by atoms with E-state index in [1.54, 1.807) is 6.07 Å². The van der Waals surface area contributed by atoms with Crippen LogP contribution in [0.25, 0.3) is 11.4 Å². The van der Waals surface area contributed by atoms with Crippen LogP contribution in [0.3, 0.4) is 0 Å². The number of halogens is 3. The zero-order valence-corrected chi connectivity index (χ0v) is 13.6. The molecule has 0 saturated carbocycles. The van der Waals surface area contributed by atoms with Crippen molar-refractivity contribution in [3.63, 3.8) is 0 Å². The van der Waals surface area contributed by atoms with Crippen molar-refractivity contribution in [2.45, 2.75) is 19.8 Å². The lowest BCUT2D eigenvalue weighted by molar-refractivity contribution is 0.628. The van der Waals surface area contributed by atoms with E-state index in [1.807, 2.05) is 13.8 Å². The SMILES string of the molecule is CC(C)c1nc(-c2cc(F)ccc2Br)nc(N)c1Br. The highest BCUT2D eigenvalue weighted by Gasteiger charge is 2.16. The van der Waals surface area contributed by atoms with Crippen LogP contribution < -0.4 is 5.73 Å². The van der Waals surface area contributed by atoms with Gasteiger partial charge >= 0.3 is 0 Å². The third-order valence-corrected chi connectivity index (χ3v) is 4.12. The summed E-state index contributed by atoms with van der Waals surface area (Å²) in [7, 11) is 0. The van der Waals surface area contributed by atoms with Crippen molar-refractivity contribution in [3.8, 4) is 11.4 Å². The Morgan fingerprint density at radius 3 is 2.53 bits per heavy atom. The standard InChI is InChI=1S/C13H12Br2FN3/c1-6(2)11-10(15)12(17)19-13(18-11)8-5-7(16)3-4-9(8)14/h3-6H,1-2H3,(H2,17,18,19). The average Bonchev–Trinajstić information content (AvgIpc) is 2.35. The zero-order valence-electron chi connectivity index (χ0n) is 10.4. The summed E-state index contributed by atoms with van der Waals surface area (Å²) in [6.07, 6.45) is 0. The van der Waals surface area contributed by atoms with E-state index < -0.39 is 0 Å². The van der Waals surface area contributed by atoms with E-state index in [-0.39, 0.29) is 11.7 Å². The van der Waals surface area contributed by atoms with Gasteiger partial charge in [0.2, 0.25) is 0 Å². The number of aromatic nitrogens is 2. The maximum atomic E-state index is 13.4. The Kier molecular flexibility index (Phi) is 4.20. The maximum Gasteiger partial charge on any atom is 0.163 e. The first-order valence-electron chi connectivity index (χ1n) is 5.68. The molecule has 1 aromatic heterocycles. The van der Waals surface area contributed by atoms with E-state index in [4.69, 9.17) is 5.73 Å². The molecule has 0 radical (unpaired) electrons. The molecule has 0 aliphatic carbocycles. The smallest absolute Gasteiger partial charge is 0.163 e. The Bertz CT molecular complexity index is 630. The van der Waals surface area contributed by atoms with Gasteiger partial charge in [0.05, 0.1) is 10.2 Å². The highest BCUT2D eigenvalue weighted by molar-refractivity contribution is 9.11. The lowest BCUT2D eigenvalue weighted by atomic mass is 10.1. The average molecular weight is 389 g/mol. The Hall–Kier alpha value is -1.01. The fourth-order valence-corrected chi connectivity index (χ4v) is 2.71. The molecule has 3 nitrogen and oxygen atoms in total. The third-order valence-electron chi connectivity index (χ3n) is 2.62. The summed E-state index contributed by atoms with van der Waals surface area (Å²) in [5.41, 5.74) is 7.27. The van der Waals surface area contributed by atoms with Crippen LogP contribution in [-0.2, 0) is 0 Å². The van der Waals surface area contributed by atoms with Gasteiger partial charge < -0.3 is 5.73 Å². The predicted molar refractivity (Wildman–Crippen MR) is 81.3 cm³/mol. The van der Waals surface area contributed by atoms with Crippen molar-refractivity contribution in [1.29, 1.82) is 0 Å². The molecule has 0 atom stereocenters. The second-order valence-electron chi connectivity index (χ2n) is 4.41. The number of hydrogen-bond donors (Lipinski definition) is 1. The molecule has 0 aliphatic rings. The topological polar surface area (TPSA) is 51.8 Å². The number of nitrogen functional groups attached to an aromatic ring is 1. The molecule has 2 aromatic rings. The quantitative estimate of drug-likeness (QED) is 0.823. The van der Waals surface area contributed by atoms with Crippen LogP contribution in [0.1, 0.15) is 25.5 Å². The molecule has 1 heterocycles. The van der Waals surface area contributed by atoms with Gasteiger partial charge in [-0.3, -0.25) is 0 Å². The summed E-state index contributed by atoms with van der Waals surface area (Å²) < 4.78 is 14.8. The minimum atomic E-state index is -0.339. The van der Waals surface area contributed by atoms with Crippen molar-refractivity contribution in [2.75, 3.05) is 5.73 Å². The number of hydrogen-bond acceptors (Lipinski definition) is 3. The van der Waals surface area contributed by atoms with Gasteiger partial charge in [-0.15, -0.1) is 0 Å². The van der Waals surface area contributed by atoms with E-state index in [0.29, 0.717) is 21.7 Å². The first kappa shape index (κ1) is 14.4. The Morgan fingerprint density at radius 2 is 1.89 bits per heavy atom. The van der Waals surface area contributed by atoms with Crippen molar-refractivity contribution in [1.82, 2.24) is 9.97 Å². The minimum Gasteiger partial charge on any atom is -0.383 e. The molecular formula is C13H12Br2FN3. The fraction of sp³-hybridized carbons (Fsp3) is 0.231. The van der Waals surface area contributed by atoms with E-state index >= 15 is 0 Å². The van der Waals surface area contributed by atoms with Crippen molar-refractivity contribution < 1.29 is 4.39 Å². The van der Waals surface area contributed by atoms with E-state index in [2.05, 4.69) is 41.8 Å². The van der Waals surface area contributed by atoms with Gasteiger partial charge in [-0.2, -0.15) is 0 Å². The summed E-state index contributed by atoms with van der Waals surface area (Å²) in [6.45, 7) is 4.02. The third kappa shape index (κ3) is 2.95. The fourth-order valence-electron chi connectivity index (χ4n) is 1.65. The zero-order chi connectivity index (χ0) is 14.2. The molecule has 0 unspecified atom stereocenters. The van der Waals surface area contributed by atoms with Gasteiger partial charge in [0, 0.05) is 10.0 Å². The highest BCUT2D eigenvalue weighted by Crippen LogP contribution is 2.32. The van der Waals surface area contributed by atoms with Gasteiger partial charge in [-0.1, -0.05) is 29.8 Å². The van der Waals surface area contributed by atoms with E-state index in [0.717, 1.165) is 10.2 Å². The Morgan fingerprint density at radius 1 is 1.21 bits per heavy atom. The monoisotopic (exact) mass is 387 g/mol. The molecular weight excluding hydrogens is 377 g/mol. The largest absolute Gasteiger partial charge is 0.383 e. The molecule has 2 rings (SSSR count). The number of anilines is 1. The molecule has 0 saturated heterocycles. The predicted octanol–water partition coefficient (Wildman–Crippen LogP) is 4.51. The van der Waals surface area contributed by atoms with Crippen LogP contribution in [0.5, 0.6) is 0 Å². The lowest BCUT2D eigenvalue weighted by Crippen LogP contribution is -2.04. The first-order chi connectivity index (χ1) is 8.90. The summed E-state index contributed by atoms with van der Waals surface area (Å²) in [5, 5.41) is 0. The first-order valence-corrected chi connectivity index (χ1v) is 7.27. The Balaban J connectivity index is 2.66. The van der Waals surface area contributed by atoms with Crippen LogP contribution >= 0.6 is 31.9 Å². The lowest BCUT2D eigenvalue weighted by Gasteiger charge is -2.12. The van der Waals surface area contributed by atoms with Crippen molar-refractivity contribution in [3.05, 3.63) is 38.7 Å². The van der Waals surface area contributed by atoms with Crippen LogP contribution in [0.2, 0.25) is 0 Å². The van der Waals surface area contributed by atoms with Crippen LogP contribution in [0.4, 0.5) is 10.2 Å². The van der Waals surface area contributed by atoms with Gasteiger partial charge in [0.1, 0.15) is 11.6 Å². The molecule has 0 bridgehead atoms. The summed E-state index contributed by atoms with van der Waals surface area (Å²) in [5.74, 6) is 0.612. The molecule has 100 valence electrons. The van der Waals surface area contributed by atoms with E-state index in [1.165, 1.54) is 12.1 Å². The van der Waals surface area contributed by atoms with Gasteiger partial charge in [0.15, 0.2) is 5.82 Å². The maximum absolute atomic E-state index is 13.4. The molecule has 0 amide bonds. The molecule has 0 spiro atoms. The number of benzene rings is 1. The molecule has 0 aliphatic heterocycles. The van der Waals surface area contributed by atoms with Crippen molar-refractivity contribution >= 4 is 37.7 Å². The molecule has 19 heavy (non-hydrogen) atoms. The number of rotatable bonds is 2. The second-order valence-corrected chi connectivity index (χ2v) is 6.06. The molecule has 2 N–H and O–H groups in total. The van der Waals surface area contributed by atoms with Crippen LogP contribution in [-0.4, -0.2) is 9.97 Å². The van der Waals surface area contributed by atoms with Crippen LogP contribution in [0, 0.1) is 5.82 Å². The molecule has 0 fully saturated rings. The number of nitrogens with two attached hydrogens (primary N) is 1. The van der Waals surface area contributed by atoms with E-state index in [9.17, 15) is 4.39 Å². The van der Waals surface area contributed by atoms with Crippen LogP contribution in [0.15, 0.2) is 27.1 Å². The molecule has 1 aromatic carbocycles. The highest BCUT2D eigenvalue weighted by atomic mass is 79.9.